The summed E-state index contributed by atoms with van der Waals surface area (Å²) in [6, 6.07) is 13.8. The lowest BCUT2D eigenvalue weighted by atomic mass is 10.1. The van der Waals surface area contributed by atoms with Gasteiger partial charge in [0.05, 0.1) is 30.0 Å². The van der Waals surface area contributed by atoms with Gasteiger partial charge in [0.2, 0.25) is 5.88 Å². The summed E-state index contributed by atoms with van der Waals surface area (Å²) in [5.74, 6) is 0.597. The topological polar surface area (TPSA) is 80.1 Å². The van der Waals surface area contributed by atoms with Crippen molar-refractivity contribution in [1.29, 1.82) is 5.26 Å². The van der Waals surface area contributed by atoms with E-state index in [-0.39, 0.29) is 6.10 Å². The lowest BCUT2D eigenvalue weighted by molar-refractivity contribution is 0.138. The van der Waals surface area contributed by atoms with Gasteiger partial charge >= 0.3 is 0 Å². The molecular weight excluding hydrogens is 328 g/mol. The van der Waals surface area contributed by atoms with E-state index in [0.717, 1.165) is 35.2 Å². The molecule has 1 aromatic carbocycles. The van der Waals surface area contributed by atoms with Crippen molar-refractivity contribution in [3.63, 3.8) is 0 Å². The third kappa shape index (κ3) is 3.44. The van der Waals surface area contributed by atoms with E-state index in [1.54, 1.807) is 12.4 Å². The Labute approximate surface area is 151 Å². The lowest BCUT2D eigenvalue weighted by Crippen LogP contribution is -2.16. The Morgan fingerprint density at radius 1 is 1.27 bits per heavy atom. The number of para-hydroxylation sites is 1. The number of fused-ring (bicyclic) bond motifs is 1. The number of anilines is 1. The molecule has 3 heterocycles. The molecule has 1 atom stereocenters. The fourth-order valence-electron chi connectivity index (χ4n) is 3.01. The molecule has 1 N–H and O–H groups in total. The molecule has 4 rings (SSSR count). The Balaban J connectivity index is 1.54. The van der Waals surface area contributed by atoms with Crippen LogP contribution < -0.4 is 10.1 Å². The Kier molecular flexibility index (Phi) is 4.63. The number of hydrogen-bond donors (Lipinski definition) is 1. The van der Waals surface area contributed by atoms with E-state index in [1.165, 1.54) is 0 Å². The molecule has 1 unspecified atom stereocenters. The van der Waals surface area contributed by atoms with Gasteiger partial charge in [-0.3, -0.25) is 4.98 Å². The molecule has 0 spiro atoms. The second-order valence-corrected chi connectivity index (χ2v) is 6.14. The van der Waals surface area contributed by atoms with E-state index in [2.05, 4.69) is 21.4 Å². The highest BCUT2D eigenvalue weighted by Crippen LogP contribution is 2.26. The predicted molar refractivity (Wildman–Crippen MR) is 97.9 cm³/mol. The van der Waals surface area contributed by atoms with Crippen LogP contribution in [0, 0.1) is 11.3 Å². The van der Waals surface area contributed by atoms with Gasteiger partial charge < -0.3 is 14.8 Å². The standard InChI is InChI=1S/C20H18N4O2/c21-10-15-12-23-18-4-2-1-3-17(18)20(15)24-11-14-5-7-22-19(9-14)26-16-6-8-25-13-16/h1-5,7,9,12,16H,6,8,11,13H2,(H,23,24). The normalized spacial score (nSPS) is 16.3. The summed E-state index contributed by atoms with van der Waals surface area (Å²) >= 11 is 0. The minimum Gasteiger partial charge on any atom is -0.472 e. The van der Waals surface area contributed by atoms with E-state index < -0.39 is 0 Å². The number of benzene rings is 1. The molecule has 1 saturated heterocycles. The minimum atomic E-state index is 0.0695. The summed E-state index contributed by atoms with van der Waals surface area (Å²) in [4.78, 5) is 8.61. The first-order valence-corrected chi connectivity index (χ1v) is 8.54. The summed E-state index contributed by atoms with van der Waals surface area (Å²) in [6.45, 7) is 1.90. The highest BCUT2D eigenvalue weighted by atomic mass is 16.5. The van der Waals surface area contributed by atoms with Crippen molar-refractivity contribution in [1.82, 2.24) is 9.97 Å². The number of nitrogens with one attached hydrogen (secondary N) is 1. The van der Waals surface area contributed by atoms with E-state index >= 15 is 0 Å². The number of nitrogens with zero attached hydrogens (tertiary/aromatic N) is 3. The maximum absolute atomic E-state index is 9.41. The summed E-state index contributed by atoms with van der Waals surface area (Å²) in [5.41, 5.74) is 3.20. The Morgan fingerprint density at radius 2 is 2.19 bits per heavy atom. The molecule has 1 aliphatic rings. The van der Waals surface area contributed by atoms with Gasteiger partial charge in [-0.1, -0.05) is 18.2 Å². The van der Waals surface area contributed by atoms with Gasteiger partial charge in [-0.2, -0.15) is 5.26 Å². The van der Waals surface area contributed by atoms with Crippen molar-refractivity contribution in [3.8, 4) is 11.9 Å². The lowest BCUT2D eigenvalue weighted by Gasteiger charge is -2.13. The number of nitriles is 1. The molecule has 0 aliphatic carbocycles. The average Bonchev–Trinajstić information content (AvgIpc) is 3.19. The van der Waals surface area contributed by atoms with Crippen LogP contribution in [0.3, 0.4) is 0 Å². The number of aromatic nitrogens is 2. The minimum absolute atomic E-state index is 0.0695. The first kappa shape index (κ1) is 16.3. The number of rotatable bonds is 5. The molecule has 130 valence electrons. The molecule has 6 nitrogen and oxygen atoms in total. The highest BCUT2D eigenvalue weighted by molar-refractivity contribution is 5.93. The monoisotopic (exact) mass is 346 g/mol. The van der Waals surface area contributed by atoms with Crippen LogP contribution in [0.1, 0.15) is 17.5 Å². The van der Waals surface area contributed by atoms with Crippen LogP contribution in [0.4, 0.5) is 5.69 Å². The van der Waals surface area contributed by atoms with E-state index in [9.17, 15) is 5.26 Å². The number of pyridine rings is 2. The van der Waals surface area contributed by atoms with Crippen LogP contribution in [0.25, 0.3) is 10.9 Å². The molecule has 3 aromatic rings. The Hall–Kier alpha value is -3.17. The zero-order chi connectivity index (χ0) is 17.8. The number of ether oxygens (including phenoxy) is 2. The van der Waals surface area contributed by atoms with Gasteiger partial charge in [0.25, 0.3) is 0 Å². The Morgan fingerprint density at radius 3 is 3.04 bits per heavy atom. The van der Waals surface area contributed by atoms with Crippen molar-refractivity contribution in [2.24, 2.45) is 0 Å². The summed E-state index contributed by atoms with van der Waals surface area (Å²) in [7, 11) is 0. The molecular formula is C20H18N4O2. The van der Waals surface area contributed by atoms with Crippen molar-refractivity contribution >= 4 is 16.6 Å². The molecule has 1 fully saturated rings. The number of hydrogen-bond acceptors (Lipinski definition) is 6. The van der Waals surface area contributed by atoms with Crippen molar-refractivity contribution in [2.75, 3.05) is 18.5 Å². The van der Waals surface area contributed by atoms with Crippen LogP contribution >= 0.6 is 0 Å². The van der Waals surface area contributed by atoms with Crippen LogP contribution in [-0.2, 0) is 11.3 Å². The van der Waals surface area contributed by atoms with Gasteiger partial charge in [-0.05, 0) is 17.7 Å². The molecule has 6 heteroatoms. The molecule has 0 amide bonds. The maximum atomic E-state index is 9.41. The summed E-state index contributed by atoms with van der Waals surface area (Å²) in [5, 5.41) is 13.7. The molecule has 1 aliphatic heterocycles. The quantitative estimate of drug-likeness (QED) is 0.764. The van der Waals surface area contributed by atoms with Crippen LogP contribution in [0.2, 0.25) is 0 Å². The summed E-state index contributed by atoms with van der Waals surface area (Å²) < 4.78 is 11.2. The van der Waals surface area contributed by atoms with Crippen molar-refractivity contribution < 1.29 is 9.47 Å². The average molecular weight is 346 g/mol. The van der Waals surface area contributed by atoms with Gasteiger partial charge in [0, 0.05) is 36.8 Å². The first-order chi connectivity index (χ1) is 12.8. The second kappa shape index (κ2) is 7.38. The second-order valence-electron chi connectivity index (χ2n) is 6.14. The fraction of sp³-hybridized carbons (Fsp3) is 0.250. The fourth-order valence-corrected chi connectivity index (χ4v) is 3.01. The first-order valence-electron chi connectivity index (χ1n) is 8.54. The van der Waals surface area contributed by atoms with Gasteiger partial charge in [-0.25, -0.2) is 4.98 Å². The molecule has 26 heavy (non-hydrogen) atoms. The van der Waals surface area contributed by atoms with Crippen LogP contribution in [0.15, 0.2) is 48.8 Å². The van der Waals surface area contributed by atoms with Crippen LogP contribution in [0.5, 0.6) is 5.88 Å². The SMILES string of the molecule is N#Cc1cnc2ccccc2c1NCc1ccnc(OC2CCOC2)c1. The smallest absolute Gasteiger partial charge is 0.213 e. The van der Waals surface area contributed by atoms with Gasteiger partial charge in [0.15, 0.2) is 0 Å². The highest BCUT2D eigenvalue weighted by Gasteiger charge is 2.17. The zero-order valence-electron chi connectivity index (χ0n) is 14.2. The third-order valence-electron chi connectivity index (χ3n) is 4.34. The van der Waals surface area contributed by atoms with Crippen LogP contribution in [-0.4, -0.2) is 29.3 Å². The maximum Gasteiger partial charge on any atom is 0.213 e. The molecule has 0 radical (unpaired) electrons. The van der Waals surface area contributed by atoms with Crippen molar-refractivity contribution in [3.05, 3.63) is 59.9 Å². The zero-order valence-corrected chi connectivity index (χ0v) is 14.2. The molecule has 0 saturated carbocycles. The van der Waals surface area contributed by atoms with Crippen molar-refractivity contribution in [2.45, 2.75) is 19.1 Å². The third-order valence-corrected chi connectivity index (χ3v) is 4.34. The van der Waals surface area contributed by atoms with E-state index in [4.69, 9.17) is 9.47 Å². The molecule has 2 aromatic heterocycles. The Bertz CT molecular complexity index is 961. The summed E-state index contributed by atoms with van der Waals surface area (Å²) in [6.07, 6.45) is 4.29. The van der Waals surface area contributed by atoms with Gasteiger partial charge in [-0.15, -0.1) is 0 Å². The molecule has 0 bridgehead atoms. The van der Waals surface area contributed by atoms with E-state index in [0.29, 0.717) is 24.6 Å². The predicted octanol–water partition coefficient (Wildman–Crippen LogP) is 3.28. The largest absolute Gasteiger partial charge is 0.472 e. The van der Waals surface area contributed by atoms with E-state index in [1.807, 2.05) is 36.4 Å². The van der Waals surface area contributed by atoms with Gasteiger partial charge in [0.1, 0.15) is 12.2 Å².